The maximum Gasteiger partial charge on any atom is 0.164 e. The summed E-state index contributed by atoms with van der Waals surface area (Å²) in [6, 6.07) is 59.4. The lowest BCUT2D eigenvalue weighted by molar-refractivity contribution is 0.0433. The molecule has 0 amide bonds. The van der Waals surface area contributed by atoms with Crippen molar-refractivity contribution >= 4 is 10.8 Å². The fourth-order valence-electron chi connectivity index (χ4n) is 11.4. The van der Waals surface area contributed by atoms with Gasteiger partial charge in [0.15, 0.2) is 17.5 Å². The molecule has 3 aliphatic rings. The second-order valence-electron chi connectivity index (χ2n) is 17.1. The molecule has 1 spiro atoms. The molecule has 57 heavy (non-hydrogen) atoms. The summed E-state index contributed by atoms with van der Waals surface area (Å²) in [6.45, 7) is 5.08. The van der Waals surface area contributed by atoms with Gasteiger partial charge >= 0.3 is 0 Å². The van der Waals surface area contributed by atoms with Crippen LogP contribution in [0.5, 0.6) is 0 Å². The van der Waals surface area contributed by atoms with Crippen molar-refractivity contribution in [3.63, 3.8) is 0 Å². The van der Waals surface area contributed by atoms with Crippen molar-refractivity contribution in [2.75, 3.05) is 0 Å². The number of hydrogen-bond acceptors (Lipinski definition) is 3. The molecule has 5 atom stereocenters. The van der Waals surface area contributed by atoms with E-state index >= 15 is 0 Å². The van der Waals surface area contributed by atoms with Crippen LogP contribution in [0, 0.1) is 23.7 Å². The third-order valence-electron chi connectivity index (χ3n) is 13.6. The summed E-state index contributed by atoms with van der Waals surface area (Å²) in [5.41, 5.74) is 13.8. The van der Waals surface area contributed by atoms with Gasteiger partial charge in [0, 0.05) is 22.1 Å². The lowest BCUT2D eigenvalue weighted by atomic mass is 9.49. The van der Waals surface area contributed by atoms with Gasteiger partial charge in [-0.25, -0.2) is 15.0 Å². The summed E-state index contributed by atoms with van der Waals surface area (Å²) in [4.78, 5) is 15.0. The highest BCUT2D eigenvalue weighted by Crippen LogP contribution is 2.66. The van der Waals surface area contributed by atoms with Crippen molar-refractivity contribution in [2.45, 2.75) is 44.9 Å². The molecule has 3 aliphatic carbocycles. The number of benzene rings is 7. The lowest BCUT2D eigenvalue weighted by Gasteiger charge is -2.54. The zero-order valence-corrected chi connectivity index (χ0v) is 32.6. The van der Waals surface area contributed by atoms with Gasteiger partial charge in [-0.1, -0.05) is 159 Å². The van der Waals surface area contributed by atoms with E-state index in [0.717, 1.165) is 34.1 Å². The summed E-state index contributed by atoms with van der Waals surface area (Å²) in [6.07, 6.45) is 5.34. The number of aromatic nitrogens is 3. The first-order valence-electron chi connectivity index (χ1n) is 20.8. The third-order valence-corrected chi connectivity index (χ3v) is 13.6. The van der Waals surface area contributed by atoms with Gasteiger partial charge in [0.25, 0.3) is 0 Å². The molecule has 11 rings (SSSR count). The van der Waals surface area contributed by atoms with Gasteiger partial charge < -0.3 is 0 Å². The largest absolute Gasteiger partial charge is 0.208 e. The standard InChI is InChI=1S/C54H45N3/c1-34-27-36-29-35(2)54(45(28-34)30-36)49-33-43(24-25-47(49)48-26-23-37-13-9-10-22-46(37)50(48)54)41-19-11-18-40(31-41)42-20-12-21-44(32-42)53-56-51(38-14-5-3-6-15-38)55-52(57-53)39-16-7-4-8-17-39/h3-26,31-36,45H,27-30H2,1-2H3. The topological polar surface area (TPSA) is 38.7 Å². The maximum atomic E-state index is 5.02. The molecule has 7 aromatic carbocycles. The van der Waals surface area contributed by atoms with Crippen LogP contribution in [0.2, 0.25) is 0 Å². The van der Waals surface area contributed by atoms with Crippen molar-refractivity contribution < 1.29 is 0 Å². The minimum Gasteiger partial charge on any atom is -0.208 e. The van der Waals surface area contributed by atoms with Crippen LogP contribution in [0.1, 0.15) is 50.7 Å². The van der Waals surface area contributed by atoms with E-state index in [1.165, 1.54) is 64.3 Å². The summed E-state index contributed by atoms with van der Waals surface area (Å²) in [5, 5.41) is 2.81. The maximum absolute atomic E-state index is 5.02. The average Bonchev–Trinajstić information content (AvgIpc) is 3.57. The van der Waals surface area contributed by atoms with Gasteiger partial charge in [0.05, 0.1) is 0 Å². The van der Waals surface area contributed by atoms with E-state index in [1.54, 1.807) is 11.1 Å². The van der Waals surface area contributed by atoms with Crippen molar-refractivity contribution in [3.8, 4) is 67.5 Å². The molecule has 8 aromatic rings. The summed E-state index contributed by atoms with van der Waals surface area (Å²) >= 11 is 0. The van der Waals surface area contributed by atoms with Crippen molar-refractivity contribution in [3.05, 3.63) is 175 Å². The molecule has 1 heterocycles. The zero-order chi connectivity index (χ0) is 38.1. The van der Waals surface area contributed by atoms with E-state index in [-0.39, 0.29) is 5.41 Å². The zero-order valence-electron chi connectivity index (χ0n) is 32.6. The molecule has 2 fully saturated rings. The smallest absolute Gasteiger partial charge is 0.164 e. The molecule has 5 unspecified atom stereocenters. The van der Waals surface area contributed by atoms with Crippen LogP contribution in [0.25, 0.3) is 78.3 Å². The highest BCUT2D eigenvalue weighted by atomic mass is 15.0. The molecule has 2 saturated carbocycles. The van der Waals surface area contributed by atoms with Crippen molar-refractivity contribution in [1.82, 2.24) is 15.0 Å². The molecule has 0 saturated heterocycles. The number of hydrogen-bond donors (Lipinski definition) is 0. The molecular formula is C54H45N3. The molecule has 0 radical (unpaired) electrons. The lowest BCUT2D eigenvalue weighted by Crippen LogP contribution is -2.49. The monoisotopic (exact) mass is 735 g/mol. The first-order valence-corrected chi connectivity index (χ1v) is 20.8. The predicted octanol–water partition coefficient (Wildman–Crippen LogP) is 13.7. The van der Waals surface area contributed by atoms with Gasteiger partial charge in [0.2, 0.25) is 0 Å². The molecular weight excluding hydrogens is 691 g/mol. The van der Waals surface area contributed by atoms with Crippen molar-refractivity contribution in [2.24, 2.45) is 23.7 Å². The van der Waals surface area contributed by atoms with E-state index < -0.39 is 0 Å². The van der Waals surface area contributed by atoms with E-state index in [2.05, 4.69) is 141 Å². The Bertz CT molecular complexity index is 2750. The quantitative estimate of drug-likeness (QED) is 0.177. The van der Waals surface area contributed by atoms with E-state index in [4.69, 9.17) is 15.0 Å². The third kappa shape index (κ3) is 5.58. The van der Waals surface area contributed by atoms with Gasteiger partial charge in [0.1, 0.15) is 0 Å². The summed E-state index contributed by atoms with van der Waals surface area (Å²) < 4.78 is 0. The van der Waals surface area contributed by atoms with E-state index in [0.29, 0.717) is 29.3 Å². The minimum absolute atomic E-state index is 0.0143. The van der Waals surface area contributed by atoms with Crippen LogP contribution in [-0.4, -0.2) is 15.0 Å². The number of fused-ring (bicyclic) bond motifs is 10. The fraction of sp³-hybridized carbons (Fsp3) is 0.204. The predicted molar refractivity (Wildman–Crippen MR) is 235 cm³/mol. The number of nitrogens with zero attached hydrogens (tertiary/aromatic N) is 3. The van der Waals surface area contributed by atoms with Crippen LogP contribution < -0.4 is 0 Å². The second kappa shape index (κ2) is 13.5. The molecule has 0 N–H and O–H groups in total. The Morgan fingerprint density at radius 2 is 0.982 bits per heavy atom. The Hall–Kier alpha value is -6.19. The molecule has 1 aromatic heterocycles. The van der Waals surface area contributed by atoms with Crippen LogP contribution in [0.4, 0.5) is 0 Å². The van der Waals surface area contributed by atoms with E-state index in [1.807, 2.05) is 36.4 Å². The molecule has 0 aliphatic heterocycles. The summed E-state index contributed by atoms with van der Waals surface area (Å²) in [5.74, 6) is 4.82. The average molecular weight is 736 g/mol. The van der Waals surface area contributed by atoms with Gasteiger partial charge in [-0.2, -0.15) is 0 Å². The van der Waals surface area contributed by atoms with Crippen LogP contribution in [-0.2, 0) is 5.41 Å². The van der Waals surface area contributed by atoms with Crippen LogP contribution in [0.3, 0.4) is 0 Å². The molecule has 3 nitrogen and oxygen atoms in total. The highest BCUT2D eigenvalue weighted by molar-refractivity contribution is 5.98. The van der Waals surface area contributed by atoms with Gasteiger partial charge in [-0.3, -0.25) is 0 Å². The first kappa shape index (κ1) is 34.1. The fourth-order valence-corrected chi connectivity index (χ4v) is 11.4. The molecule has 276 valence electrons. The first-order chi connectivity index (χ1) is 28.0. The Labute approximate surface area is 335 Å². The Kier molecular flexibility index (Phi) is 8.06. The Balaban J connectivity index is 1.01. The van der Waals surface area contributed by atoms with E-state index in [9.17, 15) is 0 Å². The van der Waals surface area contributed by atoms with Gasteiger partial charge in [-0.05, 0) is 123 Å². The SMILES string of the molecule is CC1CC2CC(C)C3(c4cc(-c5cccc(-c6cccc(-c7nc(-c8ccccc8)nc(-c8ccccc8)n7)c6)c5)ccc4-c4ccc5ccccc5c43)C(C1)C2. The molecule has 3 heteroatoms. The molecule has 2 bridgehead atoms. The second-order valence-corrected chi connectivity index (χ2v) is 17.1. The summed E-state index contributed by atoms with van der Waals surface area (Å²) in [7, 11) is 0. The van der Waals surface area contributed by atoms with Gasteiger partial charge in [-0.15, -0.1) is 0 Å². The highest BCUT2D eigenvalue weighted by Gasteiger charge is 2.57. The number of rotatable bonds is 5. The Morgan fingerprint density at radius 3 is 1.67 bits per heavy atom. The van der Waals surface area contributed by atoms with Crippen LogP contribution in [0.15, 0.2) is 164 Å². The Morgan fingerprint density at radius 1 is 0.439 bits per heavy atom. The normalized spacial score (nSPS) is 22.0. The minimum atomic E-state index is 0.0143. The van der Waals surface area contributed by atoms with Crippen molar-refractivity contribution in [1.29, 1.82) is 0 Å². The van der Waals surface area contributed by atoms with Crippen LogP contribution >= 0.6 is 0 Å².